The highest BCUT2D eigenvalue weighted by molar-refractivity contribution is 7.90. The summed E-state index contributed by atoms with van der Waals surface area (Å²) in [6, 6.07) is 0. The summed E-state index contributed by atoms with van der Waals surface area (Å²) >= 11 is 0. The molecular weight excluding hydrogens is 202 g/mol. The summed E-state index contributed by atoms with van der Waals surface area (Å²) in [5, 5.41) is -0.301. The van der Waals surface area contributed by atoms with Crippen molar-refractivity contribution >= 4 is 15.9 Å². The lowest BCUT2D eigenvalue weighted by molar-refractivity contribution is -0.120. The molecular formula is C9H15NO3S. The molecule has 0 bridgehead atoms. The molecule has 2 atom stereocenters. The Labute approximate surface area is 84.1 Å². The molecule has 2 saturated carbocycles. The van der Waals surface area contributed by atoms with Gasteiger partial charge in [0.25, 0.3) is 0 Å². The molecule has 2 aliphatic carbocycles. The summed E-state index contributed by atoms with van der Waals surface area (Å²) in [5.41, 5.74) is 0. The van der Waals surface area contributed by atoms with Gasteiger partial charge in [0.15, 0.2) is 0 Å². The summed E-state index contributed by atoms with van der Waals surface area (Å²) in [7, 11) is -3.32. The second kappa shape index (κ2) is 3.22. The van der Waals surface area contributed by atoms with Crippen LogP contribution in [0.2, 0.25) is 0 Å². The maximum Gasteiger partial charge on any atom is 0.237 e. The first-order valence-corrected chi connectivity index (χ1v) is 6.64. The van der Waals surface area contributed by atoms with Crippen LogP contribution in [0.5, 0.6) is 0 Å². The van der Waals surface area contributed by atoms with Crippen molar-refractivity contribution in [3.63, 3.8) is 0 Å². The van der Waals surface area contributed by atoms with Crippen molar-refractivity contribution in [3.05, 3.63) is 0 Å². The first-order chi connectivity index (χ1) is 6.54. The molecule has 1 unspecified atom stereocenters. The van der Waals surface area contributed by atoms with Gasteiger partial charge in [-0.05, 0) is 25.2 Å². The Bertz CT molecular complexity index is 345. The molecule has 0 saturated heterocycles. The van der Waals surface area contributed by atoms with E-state index in [0.717, 1.165) is 12.8 Å². The fraction of sp³-hybridized carbons (Fsp3) is 0.889. The molecule has 0 radical (unpaired) electrons. The molecule has 0 aromatic heterocycles. The number of carbonyl (C=O) groups excluding carboxylic acids is 1. The normalized spacial score (nSPS) is 31.2. The number of sulfonamides is 1. The number of nitrogens with one attached hydrogen (secondary N) is 1. The van der Waals surface area contributed by atoms with E-state index in [1.165, 1.54) is 0 Å². The van der Waals surface area contributed by atoms with Gasteiger partial charge in [-0.25, -0.2) is 8.42 Å². The SMILES string of the molecule is CC[C@@H]1CC1C(=O)NS(=O)(=O)C1CC1. The Morgan fingerprint density at radius 3 is 2.50 bits per heavy atom. The van der Waals surface area contributed by atoms with Crippen molar-refractivity contribution in [3.8, 4) is 0 Å². The van der Waals surface area contributed by atoms with Gasteiger partial charge in [0, 0.05) is 5.92 Å². The van der Waals surface area contributed by atoms with Gasteiger partial charge in [0.05, 0.1) is 5.25 Å². The van der Waals surface area contributed by atoms with Crippen LogP contribution in [0.1, 0.15) is 32.6 Å². The zero-order valence-corrected chi connectivity index (χ0v) is 9.01. The number of hydrogen-bond donors (Lipinski definition) is 1. The minimum atomic E-state index is -3.32. The van der Waals surface area contributed by atoms with Crippen LogP contribution in [-0.4, -0.2) is 19.6 Å². The van der Waals surface area contributed by atoms with Crippen molar-refractivity contribution in [1.82, 2.24) is 4.72 Å². The van der Waals surface area contributed by atoms with Crippen molar-refractivity contribution in [1.29, 1.82) is 0 Å². The smallest absolute Gasteiger partial charge is 0.237 e. The lowest BCUT2D eigenvalue weighted by Gasteiger charge is -2.04. The van der Waals surface area contributed by atoms with E-state index in [1.54, 1.807) is 0 Å². The average molecular weight is 217 g/mol. The van der Waals surface area contributed by atoms with E-state index in [1.807, 2.05) is 6.92 Å². The van der Waals surface area contributed by atoms with Crippen LogP contribution < -0.4 is 4.72 Å². The monoisotopic (exact) mass is 217 g/mol. The van der Waals surface area contributed by atoms with E-state index in [4.69, 9.17) is 0 Å². The zero-order chi connectivity index (χ0) is 10.3. The molecule has 0 aromatic rings. The maximum absolute atomic E-state index is 11.4. The van der Waals surface area contributed by atoms with Gasteiger partial charge in [-0.15, -0.1) is 0 Å². The molecule has 2 fully saturated rings. The highest BCUT2D eigenvalue weighted by Gasteiger charge is 2.45. The summed E-state index contributed by atoms with van der Waals surface area (Å²) in [6.45, 7) is 2.02. The van der Waals surface area contributed by atoms with Crippen LogP contribution >= 0.6 is 0 Å². The van der Waals surface area contributed by atoms with Gasteiger partial charge in [-0.1, -0.05) is 13.3 Å². The van der Waals surface area contributed by atoms with Gasteiger partial charge >= 0.3 is 0 Å². The van der Waals surface area contributed by atoms with E-state index in [2.05, 4.69) is 4.72 Å². The Morgan fingerprint density at radius 1 is 1.43 bits per heavy atom. The molecule has 2 aliphatic rings. The molecule has 80 valence electrons. The summed E-state index contributed by atoms with van der Waals surface area (Å²) in [6.07, 6.45) is 3.21. The second-order valence-electron chi connectivity index (χ2n) is 4.22. The van der Waals surface area contributed by atoms with E-state index in [0.29, 0.717) is 18.8 Å². The van der Waals surface area contributed by atoms with Gasteiger partial charge in [0.1, 0.15) is 0 Å². The highest BCUT2D eigenvalue weighted by atomic mass is 32.2. The number of carbonyl (C=O) groups is 1. The predicted octanol–water partition coefficient (Wildman–Crippen LogP) is 0.641. The molecule has 0 aliphatic heterocycles. The van der Waals surface area contributed by atoms with Crippen LogP contribution in [0, 0.1) is 11.8 Å². The van der Waals surface area contributed by atoms with E-state index in [9.17, 15) is 13.2 Å². The number of hydrogen-bond acceptors (Lipinski definition) is 3. The van der Waals surface area contributed by atoms with Crippen LogP contribution in [0.15, 0.2) is 0 Å². The number of amides is 1. The summed E-state index contributed by atoms with van der Waals surface area (Å²) in [5.74, 6) is 0.0710. The summed E-state index contributed by atoms with van der Waals surface area (Å²) in [4.78, 5) is 11.4. The Hall–Kier alpha value is -0.580. The Morgan fingerprint density at radius 2 is 2.07 bits per heavy atom. The molecule has 1 N–H and O–H groups in total. The largest absolute Gasteiger partial charge is 0.274 e. The highest BCUT2D eigenvalue weighted by Crippen LogP contribution is 2.41. The van der Waals surface area contributed by atoms with Crippen LogP contribution in [-0.2, 0) is 14.8 Å². The molecule has 0 heterocycles. The molecule has 2 rings (SSSR count). The summed E-state index contributed by atoms with van der Waals surface area (Å²) < 4.78 is 25.0. The topological polar surface area (TPSA) is 63.2 Å². The van der Waals surface area contributed by atoms with Crippen LogP contribution in [0.3, 0.4) is 0 Å². The van der Waals surface area contributed by atoms with Crippen molar-refractivity contribution in [2.45, 2.75) is 37.9 Å². The molecule has 1 amide bonds. The lowest BCUT2D eigenvalue weighted by atomic mass is 10.2. The third-order valence-corrected chi connectivity index (χ3v) is 4.82. The van der Waals surface area contributed by atoms with Gasteiger partial charge in [-0.2, -0.15) is 0 Å². The van der Waals surface area contributed by atoms with Crippen LogP contribution in [0.4, 0.5) is 0 Å². The molecule has 0 aromatic carbocycles. The third-order valence-electron chi connectivity index (χ3n) is 2.99. The lowest BCUT2D eigenvalue weighted by Crippen LogP contribution is -2.34. The minimum Gasteiger partial charge on any atom is -0.274 e. The van der Waals surface area contributed by atoms with Crippen LogP contribution in [0.25, 0.3) is 0 Å². The maximum atomic E-state index is 11.4. The van der Waals surface area contributed by atoms with Crippen molar-refractivity contribution < 1.29 is 13.2 Å². The van der Waals surface area contributed by atoms with E-state index in [-0.39, 0.29) is 17.1 Å². The standard InChI is InChI=1S/C9H15NO3S/c1-2-6-5-8(6)9(11)10-14(12,13)7-3-4-7/h6-8H,2-5H2,1H3,(H,10,11)/t6-,8?/m1/s1. The first kappa shape index (κ1) is 9.96. The zero-order valence-electron chi connectivity index (χ0n) is 8.19. The van der Waals surface area contributed by atoms with Gasteiger partial charge in [-0.3, -0.25) is 9.52 Å². The predicted molar refractivity (Wildman–Crippen MR) is 52.0 cm³/mol. The average Bonchev–Trinajstić information content (AvgIpc) is 2.98. The van der Waals surface area contributed by atoms with Gasteiger partial charge in [0.2, 0.25) is 15.9 Å². The molecule has 0 spiro atoms. The fourth-order valence-corrected chi connectivity index (χ4v) is 3.05. The van der Waals surface area contributed by atoms with Gasteiger partial charge < -0.3 is 0 Å². The Balaban J connectivity index is 1.89. The molecule has 4 nitrogen and oxygen atoms in total. The minimum absolute atomic E-state index is 0.0477. The number of rotatable bonds is 4. The van der Waals surface area contributed by atoms with Crippen molar-refractivity contribution in [2.75, 3.05) is 0 Å². The third kappa shape index (κ3) is 1.92. The van der Waals surface area contributed by atoms with Crippen molar-refractivity contribution in [2.24, 2.45) is 11.8 Å². The quantitative estimate of drug-likeness (QED) is 0.751. The molecule has 14 heavy (non-hydrogen) atoms. The molecule has 5 heteroatoms. The Kier molecular flexibility index (Phi) is 2.29. The first-order valence-electron chi connectivity index (χ1n) is 5.10. The second-order valence-corrected chi connectivity index (χ2v) is 6.18. The van der Waals surface area contributed by atoms with E-state index < -0.39 is 10.0 Å². The van der Waals surface area contributed by atoms with E-state index >= 15 is 0 Å². The fourth-order valence-electron chi connectivity index (χ4n) is 1.70.